The Labute approximate surface area is 162 Å². The van der Waals surface area contributed by atoms with Gasteiger partial charge >= 0.3 is 6.09 Å². The molecule has 5 nitrogen and oxygen atoms in total. The molecule has 1 aliphatic heterocycles. The third-order valence-corrected chi connectivity index (χ3v) is 4.83. The van der Waals surface area contributed by atoms with Gasteiger partial charge in [-0.3, -0.25) is 4.90 Å². The van der Waals surface area contributed by atoms with E-state index in [2.05, 4.69) is 40.4 Å². The molecule has 1 aliphatic carbocycles. The summed E-state index contributed by atoms with van der Waals surface area (Å²) in [5.41, 5.74) is 5.36. The Morgan fingerprint density at radius 3 is 2.67 bits per heavy atom. The molecule has 144 valence electrons. The average molecular weight is 369 g/mol. The highest BCUT2D eigenvalue weighted by atomic mass is 16.6. The Morgan fingerprint density at radius 2 is 1.96 bits per heavy atom. The van der Waals surface area contributed by atoms with Crippen molar-refractivity contribution in [2.75, 3.05) is 20.6 Å². The van der Waals surface area contributed by atoms with E-state index in [4.69, 9.17) is 4.74 Å². The van der Waals surface area contributed by atoms with E-state index in [1.807, 2.05) is 34.0 Å². The van der Waals surface area contributed by atoms with Gasteiger partial charge in [-0.1, -0.05) is 18.2 Å². The third-order valence-electron chi connectivity index (χ3n) is 4.83. The minimum absolute atomic E-state index is 0.325. The Balaban J connectivity index is 1.98. The molecule has 3 rings (SSSR count). The molecular weight excluding hydrogens is 338 g/mol. The molecule has 0 atom stereocenters. The van der Waals surface area contributed by atoms with Crippen molar-refractivity contribution in [3.63, 3.8) is 0 Å². The van der Waals surface area contributed by atoms with Crippen LogP contribution in [0.4, 0.5) is 10.5 Å². The van der Waals surface area contributed by atoms with Crippen LogP contribution in [-0.4, -0.2) is 48.0 Å². The molecule has 27 heavy (non-hydrogen) atoms. The number of nitrogens with zero attached hydrogens (tertiary/aromatic N) is 2. The Bertz CT molecular complexity index is 828. The summed E-state index contributed by atoms with van der Waals surface area (Å²) in [6, 6.07) is 8.52. The van der Waals surface area contributed by atoms with Gasteiger partial charge in [0.1, 0.15) is 5.60 Å². The summed E-state index contributed by atoms with van der Waals surface area (Å²) in [5.74, 6) is 0. The summed E-state index contributed by atoms with van der Waals surface area (Å²) in [4.78, 5) is 14.3. The number of likely N-dealkylation sites (N-methyl/N-ethyl adjacent to an activating group) is 1. The normalized spacial score (nSPS) is 19.6. The lowest BCUT2D eigenvalue weighted by atomic mass is 10.2. The van der Waals surface area contributed by atoms with Crippen molar-refractivity contribution in [1.82, 2.24) is 10.2 Å². The molecule has 0 spiro atoms. The van der Waals surface area contributed by atoms with Gasteiger partial charge in [0.2, 0.25) is 5.69 Å². The maximum Gasteiger partial charge on any atom is 0.414 e. The van der Waals surface area contributed by atoms with Crippen molar-refractivity contribution in [2.45, 2.75) is 45.6 Å². The molecule has 1 heterocycles. The van der Waals surface area contributed by atoms with Gasteiger partial charge in [0.25, 0.3) is 0 Å². The highest BCUT2D eigenvalue weighted by molar-refractivity contribution is 5.83. The number of hydrogen-bond donors (Lipinski definition) is 1. The van der Waals surface area contributed by atoms with E-state index in [0.29, 0.717) is 0 Å². The van der Waals surface area contributed by atoms with Crippen LogP contribution in [0.15, 0.2) is 47.3 Å². The van der Waals surface area contributed by atoms with E-state index in [0.717, 1.165) is 37.1 Å². The van der Waals surface area contributed by atoms with Crippen molar-refractivity contribution >= 4 is 18.0 Å². The molecule has 0 saturated heterocycles. The summed E-state index contributed by atoms with van der Waals surface area (Å²) >= 11 is 0. The fourth-order valence-corrected chi connectivity index (χ4v) is 3.69. The standard InChI is InChI=1S/C22H29N3O2/c1-22(2,3)27-21(26)24(5)20-17(14-23-4)10-11-18(20)15-25-13-12-16-8-6-7-9-19(16)25/h6-9,14-15H,10-13H2,1-5H3/p+1. The molecule has 0 fully saturated rings. The number of rotatable bonds is 3. The smallest absolute Gasteiger partial charge is 0.414 e. The Morgan fingerprint density at radius 1 is 1.22 bits per heavy atom. The number of ether oxygens (including phenoxy) is 1. The van der Waals surface area contributed by atoms with E-state index in [-0.39, 0.29) is 6.09 Å². The maximum atomic E-state index is 12.7. The van der Waals surface area contributed by atoms with Crippen molar-refractivity contribution < 1.29 is 14.1 Å². The number of carbonyl (C=O) groups is 1. The minimum atomic E-state index is -0.519. The van der Waals surface area contributed by atoms with Gasteiger partial charge in [-0.25, -0.2) is 4.79 Å². The van der Waals surface area contributed by atoms with Gasteiger partial charge in [0, 0.05) is 43.9 Å². The average Bonchev–Trinajstić information content (AvgIpc) is 3.18. The van der Waals surface area contributed by atoms with Gasteiger partial charge in [0.05, 0.1) is 5.70 Å². The quantitative estimate of drug-likeness (QED) is 0.821. The molecule has 2 aliphatic rings. The van der Waals surface area contributed by atoms with Crippen LogP contribution >= 0.6 is 0 Å². The van der Waals surface area contributed by atoms with E-state index >= 15 is 0 Å². The SMILES string of the molecule is CNC=C1CCC(C=[N+]2CCc3ccccc32)=C1N(C)C(=O)OC(C)(C)C. The van der Waals surface area contributed by atoms with Gasteiger partial charge in [-0.05, 0) is 39.2 Å². The zero-order valence-corrected chi connectivity index (χ0v) is 17.0. The van der Waals surface area contributed by atoms with Gasteiger partial charge < -0.3 is 10.1 Å². The number of amides is 1. The summed E-state index contributed by atoms with van der Waals surface area (Å²) in [7, 11) is 3.68. The number of carbonyl (C=O) groups excluding carboxylic acids is 1. The maximum absolute atomic E-state index is 12.7. The number of nitrogens with one attached hydrogen (secondary N) is 1. The molecule has 0 saturated carbocycles. The van der Waals surface area contributed by atoms with Gasteiger partial charge in [-0.2, -0.15) is 4.58 Å². The molecular formula is C22H30N3O2+. The van der Waals surface area contributed by atoms with Crippen LogP contribution in [0.2, 0.25) is 0 Å². The molecule has 0 aromatic heterocycles. The summed E-state index contributed by atoms with van der Waals surface area (Å²) in [5, 5.41) is 3.11. The van der Waals surface area contributed by atoms with Crippen molar-refractivity contribution in [2.24, 2.45) is 0 Å². The first-order chi connectivity index (χ1) is 12.8. The highest BCUT2D eigenvalue weighted by Gasteiger charge is 2.31. The lowest BCUT2D eigenvalue weighted by Gasteiger charge is -2.26. The van der Waals surface area contributed by atoms with Crippen molar-refractivity contribution in [3.8, 4) is 0 Å². The third kappa shape index (κ3) is 4.24. The van der Waals surface area contributed by atoms with Crippen molar-refractivity contribution in [1.29, 1.82) is 0 Å². The fraction of sp³-hybridized carbons (Fsp3) is 0.455. The number of para-hydroxylation sites is 1. The predicted molar refractivity (Wildman–Crippen MR) is 108 cm³/mol. The largest absolute Gasteiger partial charge is 0.443 e. The molecule has 5 heteroatoms. The first-order valence-electron chi connectivity index (χ1n) is 9.56. The van der Waals surface area contributed by atoms with E-state index < -0.39 is 5.60 Å². The monoisotopic (exact) mass is 368 g/mol. The first-order valence-corrected chi connectivity index (χ1v) is 9.56. The number of hydrogen-bond acceptors (Lipinski definition) is 3. The predicted octanol–water partition coefficient (Wildman–Crippen LogP) is 3.98. The van der Waals surface area contributed by atoms with Crippen LogP contribution < -0.4 is 5.32 Å². The van der Waals surface area contributed by atoms with E-state index in [1.165, 1.54) is 16.8 Å². The van der Waals surface area contributed by atoms with E-state index in [1.54, 1.807) is 11.9 Å². The second kappa shape index (κ2) is 7.59. The lowest BCUT2D eigenvalue weighted by molar-refractivity contribution is -0.423. The zero-order valence-electron chi connectivity index (χ0n) is 17.0. The van der Waals surface area contributed by atoms with Crippen LogP contribution in [0, 0.1) is 0 Å². The first kappa shape index (κ1) is 19.2. The molecule has 0 bridgehead atoms. The molecule has 1 aromatic carbocycles. The highest BCUT2D eigenvalue weighted by Crippen LogP contribution is 2.34. The minimum Gasteiger partial charge on any atom is -0.443 e. The summed E-state index contributed by atoms with van der Waals surface area (Å²) in [6.07, 6.45) is 6.73. The van der Waals surface area contributed by atoms with E-state index in [9.17, 15) is 4.79 Å². The van der Waals surface area contributed by atoms with Gasteiger partial charge in [-0.15, -0.1) is 0 Å². The van der Waals surface area contributed by atoms with Crippen LogP contribution in [-0.2, 0) is 11.2 Å². The molecule has 1 N–H and O–H groups in total. The topological polar surface area (TPSA) is 44.6 Å². The number of benzene rings is 1. The summed E-state index contributed by atoms with van der Waals surface area (Å²) in [6.45, 7) is 6.64. The fourth-order valence-electron chi connectivity index (χ4n) is 3.69. The number of allylic oxidation sites excluding steroid dienone is 2. The number of fused-ring (bicyclic) bond motifs is 1. The Hall–Kier alpha value is -2.56. The molecule has 0 unspecified atom stereocenters. The molecule has 1 amide bonds. The van der Waals surface area contributed by atoms with Crippen LogP contribution in [0.1, 0.15) is 39.2 Å². The van der Waals surface area contributed by atoms with Crippen LogP contribution in [0.25, 0.3) is 0 Å². The van der Waals surface area contributed by atoms with Gasteiger partial charge in [0.15, 0.2) is 12.8 Å². The lowest BCUT2D eigenvalue weighted by Crippen LogP contribution is -2.34. The Kier molecular flexibility index (Phi) is 5.40. The van der Waals surface area contributed by atoms with Crippen molar-refractivity contribution in [3.05, 3.63) is 52.9 Å². The second-order valence-electron chi connectivity index (χ2n) is 8.07. The molecule has 1 aromatic rings. The second-order valence-corrected chi connectivity index (χ2v) is 8.07. The van der Waals surface area contributed by atoms with Crippen LogP contribution in [0.5, 0.6) is 0 Å². The summed E-state index contributed by atoms with van der Waals surface area (Å²) < 4.78 is 7.89. The van der Waals surface area contributed by atoms with Crippen LogP contribution in [0.3, 0.4) is 0 Å². The zero-order chi connectivity index (χ0) is 19.6. The molecule has 0 radical (unpaired) electrons.